The lowest BCUT2D eigenvalue weighted by Crippen LogP contribution is -2.43. The molecule has 0 amide bonds. The lowest BCUT2D eigenvalue weighted by Gasteiger charge is -2.32. The Hall–Kier alpha value is -3.05. The zero-order valence-corrected chi connectivity index (χ0v) is 17.2. The average molecular weight is 405 g/mol. The first-order valence-corrected chi connectivity index (χ1v) is 10.1. The van der Waals surface area contributed by atoms with Crippen LogP contribution in [0.15, 0.2) is 78.9 Å². The molecular formula is C24H24N2O2S. The second kappa shape index (κ2) is 8.53. The summed E-state index contributed by atoms with van der Waals surface area (Å²) in [5, 5.41) is 7.32. The molecule has 0 atom stereocenters. The molecule has 2 N–H and O–H groups in total. The van der Waals surface area contributed by atoms with Gasteiger partial charge in [0.2, 0.25) is 6.79 Å². The summed E-state index contributed by atoms with van der Waals surface area (Å²) in [6.45, 7) is 3.83. The van der Waals surface area contributed by atoms with Crippen LogP contribution >= 0.6 is 12.2 Å². The molecule has 3 aromatic rings. The smallest absolute Gasteiger partial charge is 0.231 e. The van der Waals surface area contributed by atoms with E-state index in [2.05, 4.69) is 66.1 Å². The van der Waals surface area contributed by atoms with Gasteiger partial charge in [0.1, 0.15) is 0 Å². The monoisotopic (exact) mass is 404 g/mol. The Morgan fingerprint density at radius 2 is 1.48 bits per heavy atom. The molecule has 0 bridgehead atoms. The molecule has 1 aliphatic rings. The minimum atomic E-state index is -0.201. The van der Waals surface area contributed by atoms with Crippen molar-refractivity contribution in [3.63, 3.8) is 0 Å². The van der Waals surface area contributed by atoms with E-state index in [0.29, 0.717) is 18.2 Å². The minimum Gasteiger partial charge on any atom is -0.454 e. The van der Waals surface area contributed by atoms with Gasteiger partial charge in [-0.1, -0.05) is 66.7 Å². The number of nitrogens with one attached hydrogen (secondary N) is 2. The molecule has 3 aromatic carbocycles. The normalized spacial score (nSPS) is 12.4. The van der Waals surface area contributed by atoms with Gasteiger partial charge in [-0.15, -0.1) is 0 Å². The molecule has 1 heterocycles. The highest BCUT2D eigenvalue weighted by molar-refractivity contribution is 7.80. The van der Waals surface area contributed by atoms with E-state index in [0.717, 1.165) is 17.1 Å². The SMILES string of the molecule is CC(CNC(=S)NCc1ccc2c(c1)OCO2)(c1ccccc1)c1ccccc1. The summed E-state index contributed by atoms with van der Waals surface area (Å²) >= 11 is 5.54. The van der Waals surface area contributed by atoms with Gasteiger partial charge in [-0.2, -0.15) is 0 Å². The topological polar surface area (TPSA) is 42.5 Å². The summed E-state index contributed by atoms with van der Waals surface area (Å²) < 4.78 is 10.8. The summed E-state index contributed by atoms with van der Waals surface area (Å²) in [6.07, 6.45) is 0. The summed E-state index contributed by atoms with van der Waals surface area (Å²) in [7, 11) is 0. The first-order chi connectivity index (χ1) is 14.1. The zero-order chi connectivity index (χ0) is 20.1. The highest BCUT2D eigenvalue weighted by Crippen LogP contribution is 2.33. The van der Waals surface area contributed by atoms with Gasteiger partial charge in [0.15, 0.2) is 16.6 Å². The van der Waals surface area contributed by atoms with Crippen molar-refractivity contribution in [3.8, 4) is 11.5 Å². The molecule has 4 rings (SSSR count). The van der Waals surface area contributed by atoms with Crippen molar-refractivity contribution in [1.29, 1.82) is 0 Å². The Morgan fingerprint density at radius 3 is 2.14 bits per heavy atom. The third-order valence-corrected chi connectivity index (χ3v) is 5.60. The minimum absolute atomic E-state index is 0.201. The van der Waals surface area contributed by atoms with Crippen LogP contribution < -0.4 is 20.1 Å². The molecule has 148 valence electrons. The Balaban J connectivity index is 1.41. The quantitative estimate of drug-likeness (QED) is 0.597. The zero-order valence-electron chi connectivity index (χ0n) is 16.4. The molecular weight excluding hydrogens is 380 g/mol. The fourth-order valence-electron chi connectivity index (χ4n) is 3.54. The van der Waals surface area contributed by atoms with Gasteiger partial charge >= 0.3 is 0 Å². The van der Waals surface area contributed by atoms with Gasteiger partial charge in [0, 0.05) is 18.5 Å². The Morgan fingerprint density at radius 1 is 0.862 bits per heavy atom. The molecule has 0 spiro atoms. The number of hydrogen-bond donors (Lipinski definition) is 2. The molecule has 0 aliphatic carbocycles. The van der Waals surface area contributed by atoms with Gasteiger partial charge in [-0.25, -0.2) is 0 Å². The van der Waals surface area contributed by atoms with Crippen LogP contribution in [0.4, 0.5) is 0 Å². The van der Waals surface area contributed by atoms with E-state index >= 15 is 0 Å². The molecule has 4 nitrogen and oxygen atoms in total. The van der Waals surface area contributed by atoms with Crippen LogP contribution in [0.2, 0.25) is 0 Å². The molecule has 29 heavy (non-hydrogen) atoms. The van der Waals surface area contributed by atoms with E-state index in [1.54, 1.807) is 0 Å². The molecule has 0 aromatic heterocycles. The number of benzene rings is 3. The van der Waals surface area contributed by atoms with Crippen LogP contribution in [-0.4, -0.2) is 18.5 Å². The second-order valence-corrected chi connectivity index (χ2v) is 7.70. The molecule has 0 saturated heterocycles. The van der Waals surface area contributed by atoms with Crippen LogP contribution in [0.25, 0.3) is 0 Å². The second-order valence-electron chi connectivity index (χ2n) is 7.29. The van der Waals surface area contributed by atoms with Crippen LogP contribution in [0.5, 0.6) is 11.5 Å². The van der Waals surface area contributed by atoms with Crippen LogP contribution in [-0.2, 0) is 12.0 Å². The molecule has 1 aliphatic heterocycles. The number of rotatable bonds is 6. The van der Waals surface area contributed by atoms with Gasteiger partial charge in [0.05, 0.1) is 0 Å². The maximum atomic E-state index is 5.54. The fourth-order valence-corrected chi connectivity index (χ4v) is 3.68. The first kappa shape index (κ1) is 19.3. The predicted octanol–water partition coefficient (Wildman–Crippen LogP) is 4.39. The fraction of sp³-hybridized carbons (Fsp3) is 0.208. The van der Waals surface area contributed by atoms with Crippen molar-refractivity contribution < 1.29 is 9.47 Å². The van der Waals surface area contributed by atoms with E-state index in [4.69, 9.17) is 21.7 Å². The lowest BCUT2D eigenvalue weighted by atomic mass is 9.76. The van der Waals surface area contributed by atoms with Crippen molar-refractivity contribution in [2.45, 2.75) is 18.9 Å². The Kier molecular flexibility index (Phi) is 5.67. The standard InChI is InChI=1S/C24H24N2O2S/c1-24(19-8-4-2-5-9-19,20-10-6-3-7-11-20)16-26-23(29)25-15-18-12-13-21-22(14-18)28-17-27-21/h2-14H,15-17H2,1H3,(H2,25,26,29). The average Bonchev–Trinajstić information content (AvgIpc) is 3.25. The third-order valence-electron chi connectivity index (χ3n) is 5.31. The Labute approximate surface area is 176 Å². The van der Waals surface area contributed by atoms with Crippen molar-refractivity contribution >= 4 is 17.3 Å². The number of hydrogen-bond acceptors (Lipinski definition) is 3. The van der Waals surface area contributed by atoms with Crippen molar-refractivity contribution in [2.24, 2.45) is 0 Å². The number of thiocarbonyl (C=S) groups is 1. The molecule has 0 saturated carbocycles. The lowest BCUT2D eigenvalue weighted by molar-refractivity contribution is 0.174. The van der Waals surface area contributed by atoms with Gasteiger partial charge in [0.25, 0.3) is 0 Å². The van der Waals surface area contributed by atoms with Crippen LogP contribution in [0.3, 0.4) is 0 Å². The number of ether oxygens (including phenoxy) is 2. The highest BCUT2D eigenvalue weighted by Gasteiger charge is 2.28. The molecule has 0 radical (unpaired) electrons. The van der Waals surface area contributed by atoms with E-state index in [1.807, 2.05) is 30.3 Å². The maximum absolute atomic E-state index is 5.54. The summed E-state index contributed by atoms with van der Waals surface area (Å²) in [4.78, 5) is 0. The van der Waals surface area contributed by atoms with Gasteiger partial charge in [-0.3, -0.25) is 0 Å². The van der Waals surface area contributed by atoms with Gasteiger partial charge in [-0.05, 0) is 48.0 Å². The highest BCUT2D eigenvalue weighted by atomic mass is 32.1. The van der Waals surface area contributed by atoms with Crippen LogP contribution in [0, 0.1) is 0 Å². The predicted molar refractivity (Wildman–Crippen MR) is 119 cm³/mol. The van der Waals surface area contributed by atoms with Gasteiger partial charge < -0.3 is 20.1 Å². The maximum Gasteiger partial charge on any atom is 0.231 e. The first-order valence-electron chi connectivity index (χ1n) is 9.66. The molecule has 0 fully saturated rings. The summed E-state index contributed by atoms with van der Waals surface area (Å²) in [5.74, 6) is 1.57. The largest absolute Gasteiger partial charge is 0.454 e. The third kappa shape index (κ3) is 4.35. The van der Waals surface area contributed by atoms with Crippen molar-refractivity contribution in [2.75, 3.05) is 13.3 Å². The Bertz CT molecular complexity index is 937. The number of fused-ring (bicyclic) bond motifs is 1. The van der Waals surface area contributed by atoms with E-state index in [-0.39, 0.29) is 12.2 Å². The van der Waals surface area contributed by atoms with Crippen molar-refractivity contribution in [1.82, 2.24) is 10.6 Å². The van der Waals surface area contributed by atoms with E-state index in [1.165, 1.54) is 11.1 Å². The molecule has 0 unspecified atom stereocenters. The molecule has 5 heteroatoms. The van der Waals surface area contributed by atoms with E-state index in [9.17, 15) is 0 Å². The summed E-state index contributed by atoms with van der Waals surface area (Å²) in [6, 6.07) is 27.0. The van der Waals surface area contributed by atoms with Crippen LogP contribution in [0.1, 0.15) is 23.6 Å². The summed E-state index contributed by atoms with van der Waals surface area (Å²) in [5.41, 5.74) is 3.38. The van der Waals surface area contributed by atoms with E-state index < -0.39 is 0 Å². The van der Waals surface area contributed by atoms with Crippen molar-refractivity contribution in [3.05, 3.63) is 95.6 Å².